The van der Waals surface area contributed by atoms with Crippen LogP contribution in [0.5, 0.6) is 5.88 Å². The van der Waals surface area contributed by atoms with Gasteiger partial charge in [-0.25, -0.2) is 4.98 Å². The van der Waals surface area contributed by atoms with Crippen molar-refractivity contribution >= 4 is 28.5 Å². The predicted octanol–water partition coefficient (Wildman–Crippen LogP) is 6.82. The molecule has 2 aromatic heterocycles. The highest BCUT2D eigenvalue weighted by Crippen LogP contribution is 2.25. The van der Waals surface area contributed by atoms with E-state index in [-0.39, 0.29) is 6.61 Å². The summed E-state index contributed by atoms with van der Waals surface area (Å²) in [6.07, 6.45) is 5.02. The summed E-state index contributed by atoms with van der Waals surface area (Å²) in [6.45, 7) is 18.1. The summed E-state index contributed by atoms with van der Waals surface area (Å²) < 4.78 is 5.84. The molecule has 0 bridgehead atoms. The number of pyridine rings is 1. The Balaban J connectivity index is 0.00000222. The summed E-state index contributed by atoms with van der Waals surface area (Å²) in [5, 5.41) is 15.7. The van der Waals surface area contributed by atoms with E-state index in [1.807, 2.05) is 32.0 Å². The molecule has 0 aliphatic carbocycles. The van der Waals surface area contributed by atoms with E-state index in [4.69, 9.17) is 4.74 Å². The molecule has 1 aromatic carbocycles. The third-order valence-electron chi connectivity index (χ3n) is 5.72. The number of aromatic amines is 1. The van der Waals surface area contributed by atoms with Crippen molar-refractivity contribution in [2.24, 2.45) is 5.10 Å². The number of nitrogens with one attached hydrogen (secondary N) is 2. The van der Waals surface area contributed by atoms with Crippen molar-refractivity contribution in [2.45, 2.75) is 80.3 Å². The molecule has 0 saturated heterocycles. The van der Waals surface area contributed by atoms with Crippen LogP contribution < -0.4 is 15.1 Å². The molecule has 0 aliphatic heterocycles. The molecule has 198 valence electrons. The number of hydrogen-bond acceptors (Lipinski definition) is 6. The van der Waals surface area contributed by atoms with Gasteiger partial charge in [-0.3, -0.25) is 5.43 Å². The summed E-state index contributed by atoms with van der Waals surface area (Å²) in [6, 6.07) is 10.2. The minimum atomic E-state index is -0.938. The molecular formula is C29H45N5O2. The average Bonchev–Trinajstić information content (AvgIpc) is 3.14. The SMILES string of the molecule is CC.CCCCN(CCC)c1cc(/C=N/Nc2ccc3[nH]c(C)c(C)c3c2)nc(OCC(C)(C)O)c1. The van der Waals surface area contributed by atoms with E-state index in [1.54, 1.807) is 20.1 Å². The molecule has 3 rings (SSSR count). The highest BCUT2D eigenvalue weighted by atomic mass is 16.5. The predicted molar refractivity (Wildman–Crippen MR) is 154 cm³/mol. The lowest BCUT2D eigenvalue weighted by atomic mass is 10.1. The van der Waals surface area contributed by atoms with Crippen molar-refractivity contribution in [3.05, 3.63) is 47.3 Å². The molecule has 36 heavy (non-hydrogen) atoms. The van der Waals surface area contributed by atoms with Gasteiger partial charge in [0.2, 0.25) is 5.88 Å². The number of benzene rings is 1. The van der Waals surface area contributed by atoms with Crippen molar-refractivity contribution < 1.29 is 9.84 Å². The Labute approximate surface area is 217 Å². The van der Waals surface area contributed by atoms with Gasteiger partial charge in [-0.2, -0.15) is 5.10 Å². The minimum Gasteiger partial charge on any atom is -0.475 e. The second-order valence-electron chi connectivity index (χ2n) is 9.54. The van der Waals surface area contributed by atoms with E-state index in [0.29, 0.717) is 11.6 Å². The Hall–Kier alpha value is -3.06. The summed E-state index contributed by atoms with van der Waals surface area (Å²) >= 11 is 0. The van der Waals surface area contributed by atoms with Crippen LogP contribution in [0.25, 0.3) is 10.9 Å². The molecule has 0 saturated carbocycles. The fraction of sp³-hybridized carbons (Fsp3) is 0.517. The van der Waals surface area contributed by atoms with Crippen LogP contribution in [-0.2, 0) is 0 Å². The Kier molecular flexibility index (Phi) is 11.2. The van der Waals surface area contributed by atoms with Crippen molar-refractivity contribution in [3.8, 4) is 5.88 Å². The maximum absolute atomic E-state index is 10.1. The molecule has 0 spiro atoms. The number of hydrazone groups is 1. The van der Waals surface area contributed by atoms with Gasteiger partial charge < -0.3 is 19.7 Å². The summed E-state index contributed by atoms with van der Waals surface area (Å²) in [4.78, 5) is 10.4. The van der Waals surface area contributed by atoms with Crippen molar-refractivity contribution in [2.75, 3.05) is 30.0 Å². The number of aromatic nitrogens is 2. The number of fused-ring (bicyclic) bond motifs is 1. The normalized spacial score (nSPS) is 11.5. The third-order valence-corrected chi connectivity index (χ3v) is 5.72. The molecule has 0 atom stereocenters. The number of H-pyrrole nitrogens is 1. The lowest BCUT2D eigenvalue weighted by Gasteiger charge is -2.25. The van der Waals surface area contributed by atoms with E-state index < -0.39 is 5.60 Å². The Bertz CT molecular complexity index is 1110. The van der Waals surface area contributed by atoms with Crippen LogP contribution in [0.3, 0.4) is 0 Å². The van der Waals surface area contributed by atoms with Crippen LogP contribution >= 0.6 is 0 Å². The molecule has 0 fully saturated rings. The molecular weight excluding hydrogens is 450 g/mol. The van der Waals surface area contributed by atoms with Crippen LogP contribution in [0.1, 0.15) is 77.8 Å². The second kappa shape index (κ2) is 13.9. The van der Waals surface area contributed by atoms with Crippen LogP contribution in [0, 0.1) is 13.8 Å². The molecule has 7 nitrogen and oxygen atoms in total. The monoisotopic (exact) mass is 495 g/mol. The standard InChI is InChI=1S/C27H39N5O2.C2H6/c1-7-9-13-32(12-8-2)23-14-22(30-26(16-23)34-18-27(5,6)33)17-28-31-21-10-11-25-24(15-21)19(3)20(4)29-25;1-2/h10-11,14-17,29,31,33H,7-9,12-13,18H2,1-6H3;1-2H3/b28-17+;. The maximum Gasteiger partial charge on any atom is 0.216 e. The molecule has 3 aromatic rings. The van der Waals surface area contributed by atoms with E-state index >= 15 is 0 Å². The van der Waals surface area contributed by atoms with Gasteiger partial charge in [-0.05, 0) is 70.4 Å². The molecule has 0 radical (unpaired) electrons. The fourth-order valence-corrected chi connectivity index (χ4v) is 3.78. The van der Waals surface area contributed by atoms with Crippen LogP contribution in [0.2, 0.25) is 0 Å². The van der Waals surface area contributed by atoms with Gasteiger partial charge in [0.1, 0.15) is 6.61 Å². The summed E-state index contributed by atoms with van der Waals surface area (Å²) in [5.74, 6) is 0.485. The van der Waals surface area contributed by atoms with E-state index in [9.17, 15) is 5.11 Å². The Morgan fingerprint density at radius 3 is 2.53 bits per heavy atom. The molecule has 2 heterocycles. The van der Waals surface area contributed by atoms with Gasteiger partial charge >= 0.3 is 0 Å². The van der Waals surface area contributed by atoms with Crippen molar-refractivity contribution in [1.82, 2.24) is 9.97 Å². The Morgan fingerprint density at radius 2 is 1.86 bits per heavy atom. The molecule has 0 unspecified atom stereocenters. The van der Waals surface area contributed by atoms with Crippen molar-refractivity contribution in [3.63, 3.8) is 0 Å². The Morgan fingerprint density at radius 1 is 1.11 bits per heavy atom. The topological polar surface area (TPSA) is 85.8 Å². The lowest BCUT2D eigenvalue weighted by Crippen LogP contribution is -2.28. The number of ether oxygens (including phenoxy) is 1. The highest BCUT2D eigenvalue weighted by Gasteiger charge is 2.16. The van der Waals surface area contributed by atoms with Gasteiger partial charge in [0.25, 0.3) is 0 Å². The van der Waals surface area contributed by atoms with Gasteiger partial charge in [0, 0.05) is 41.4 Å². The number of rotatable bonds is 12. The zero-order valence-corrected chi connectivity index (χ0v) is 23.4. The van der Waals surface area contributed by atoms with Gasteiger partial charge in [-0.15, -0.1) is 0 Å². The number of nitrogens with zero attached hydrogens (tertiary/aromatic N) is 3. The first-order chi connectivity index (χ1) is 17.2. The fourth-order valence-electron chi connectivity index (χ4n) is 3.78. The van der Waals surface area contributed by atoms with E-state index in [0.717, 1.165) is 49.2 Å². The summed E-state index contributed by atoms with van der Waals surface area (Å²) in [5.41, 5.74) is 8.39. The largest absolute Gasteiger partial charge is 0.475 e. The zero-order chi connectivity index (χ0) is 26.7. The molecule has 3 N–H and O–H groups in total. The average molecular weight is 496 g/mol. The number of hydrogen-bond donors (Lipinski definition) is 3. The van der Waals surface area contributed by atoms with Crippen LogP contribution in [0.15, 0.2) is 35.4 Å². The van der Waals surface area contributed by atoms with E-state index in [2.05, 4.69) is 65.2 Å². The minimum absolute atomic E-state index is 0.163. The third kappa shape index (κ3) is 8.55. The number of unbranched alkanes of at least 4 members (excludes halogenated alkanes) is 1. The summed E-state index contributed by atoms with van der Waals surface area (Å²) in [7, 11) is 0. The van der Waals surface area contributed by atoms with Crippen molar-refractivity contribution in [1.29, 1.82) is 0 Å². The first-order valence-electron chi connectivity index (χ1n) is 13.2. The van der Waals surface area contributed by atoms with Gasteiger partial charge in [-0.1, -0.05) is 34.1 Å². The van der Waals surface area contributed by atoms with Gasteiger partial charge in [0.05, 0.1) is 23.2 Å². The highest BCUT2D eigenvalue weighted by molar-refractivity contribution is 5.87. The van der Waals surface area contributed by atoms with Crippen LogP contribution in [0.4, 0.5) is 11.4 Å². The van der Waals surface area contributed by atoms with Crippen LogP contribution in [-0.4, -0.2) is 46.6 Å². The number of aliphatic hydroxyl groups is 1. The molecule has 0 aliphatic rings. The number of aryl methyl sites for hydroxylation is 2. The lowest BCUT2D eigenvalue weighted by molar-refractivity contribution is 0.0268. The smallest absolute Gasteiger partial charge is 0.216 e. The van der Waals surface area contributed by atoms with Gasteiger partial charge in [0.15, 0.2) is 0 Å². The quantitative estimate of drug-likeness (QED) is 0.190. The first kappa shape index (κ1) is 29.2. The second-order valence-corrected chi connectivity index (χ2v) is 9.54. The first-order valence-corrected chi connectivity index (χ1v) is 13.2. The number of anilines is 2. The maximum atomic E-state index is 10.1. The molecule has 0 amide bonds. The molecule has 7 heteroatoms. The van der Waals surface area contributed by atoms with E-state index in [1.165, 1.54) is 16.6 Å². The zero-order valence-electron chi connectivity index (χ0n) is 23.4.